The summed E-state index contributed by atoms with van der Waals surface area (Å²) in [6.07, 6.45) is 1.67. The molecule has 0 saturated carbocycles. The first-order valence-electron chi connectivity index (χ1n) is 11.4. The van der Waals surface area contributed by atoms with Crippen molar-refractivity contribution >= 4 is 22.8 Å². The number of pyridine rings is 1. The second kappa shape index (κ2) is 10.4. The number of ether oxygens (including phenoxy) is 1. The Morgan fingerprint density at radius 1 is 1.06 bits per heavy atom. The number of anilines is 1. The van der Waals surface area contributed by atoms with E-state index in [0.29, 0.717) is 53.5 Å². The van der Waals surface area contributed by atoms with Crippen LogP contribution in [0.3, 0.4) is 0 Å². The highest BCUT2D eigenvalue weighted by Crippen LogP contribution is 2.22. The second-order valence-electron chi connectivity index (χ2n) is 8.46. The highest BCUT2D eigenvalue weighted by atomic mass is 16.5. The molecule has 2 heterocycles. The van der Waals surface area contributed by atoms with Crippen LogP contribution in [0.15, 0.2) is 59.5 Å². The fourth-order valence-corrected chi connectivity index (χ4v) is 3.85. The van der Waals surface area contributed by atoms with Crippen molar-refractivity contribution in [3.05, 3.63) is 81.8 Å². The van der Waals surface area contributed by atoms with Gasteiger partial charge in [0.15, 0.2) is 0 Å². The summed E-state index contributed by atoms with van der Waals surface area (Å²) in [5.41, 5.74) is 5.64. The summed E-state index contributed by atoms with van der Waals surface area (Å²) >= 11 is 0. The van der Waals surface area contributed by atoms with Crippen LogP contribution in [0, 0.1) is 13.8 Å². The van der Waals surface area contributed by atoms with Crippen molar-refractivity contribution in [1.82, 2.24) is 19.9 Å². The van der Waals surface area contributed by atoms with Gasteiger partial charge in [0.2, 0.25) is 5.91 Å². The summed E-state index contributed by atoms with van der Waals surface area (Å²) in [6.45, 7) is 6.87. The molecule has 0 aliphatic carbocycles. The number of hydrogen-bond donors (Lipinski definition) is 2. The lowest BCUT2D eigenvalue weighted by atomic mass is 10.1. The number of carbonyl (C=O) groups is 1. The van der Waals surface area contributed by atoms with Gasteiger partial charge in [0, 0.05) is 38.2 Å². The Morgan fingerprint density at radius 2 is 1.83 bits per heavy atom. The third kappa shape index (κ3) is 5.48. The largest absolute Gasteiger partial charge is 0.497 e. The second-order valence-corrected chi connectivity index (χ2v) is 8.46. The molecule has 8 heteroatoms. The van der Waals surface area contributed by atoms with E-state index in [9.17, 15) is 9.59 Å². The minimum atomic E-state index is -0.237. The average Bonchev–Trinajstić information content (AvgIpc) is 2.85. The molecule has 0 saturated heterocycles. The normalized spacial score (nSPS) is 10.9. The molecule has 2 aromatic carbocycles. The summed E-state index contributed by atoms with van der Waals surface area (Å²) in [7, 11) is 1.59. The molecule has 0 aliphatic rings. The van der Waals surface area contributed by atoms with Crippen LogP contribution in [0.1, 0.15) is 23.6 Å². The molecule has 2 aromatic heterocycles. The first-order valence-corrected chi connectivity index (χ1v) is 11.4. The molecule has 0 fully saturated rings. The van der Waals surface area contributed by atoms with Crippen LogP contribution in [0.4, 0.5) is 5.82 Å². The van der Waals surface area contributed by atoms with Gasteiger partial charge in [0.25, 0.3) is 5.56 Å². The van der Waals surface area contributed by atoms with E-state index >= 15 is 0 Å². The first kappa shape index (κ1) is 23.9. The zero-order valence-corrected chi connectivity index (χ0v) is 20.4. The van der Waals surface area contributed by atoms with E-state index in [-0.39, 0.29) is 11.5 Å². The standard InChI is InChI=1S/C27H29N5O3/c1-17-5-6-20(13-18(17)2)15-29-25-14-24-23(16-30-25)31-26(21-7-9-22(35-4)10-8-21)27(34)32(24)12-11-28-19(3)33/h5-10,13-14,16H,11-12,15H2,1-4H3,(H,28,33)(H,29,30). The summed E-state index contributed by atoms with van der Waals surface area (Å²) in [5, 5.41) is 6.11. The van der Waals surface area contributed by atoms with Gasteiger partial charge in [-0.05, 0) is 54.8 Å². The smallest absolute Gasteiger partial charge is 0.277 e. The molecule has 0 radical (unpaired) electrons. The van der Waals surface area contributed by atoms with Crippen molar-refractivity contribution in [3.63, 3.8) is 0 Å². The molecule has 1 amide bonds. The van der Waals surface area contributed by atoms with Gasteiger partial charge in [-0.15, -0.1) is 0 Å². The average molecular weight is 472 g/mol. The molecular weight excluding hydrogens is 442 g/mol. The van der Waals surface area contributed by atoms with Gasteiger partial charge in [-0.3, -0.25) is 9.59 Å². The molecule has 4 rings (SSSR count). The lowest BCUT2D eigenvalue weighted by Gasteiger charge is -2.14. The van der Waals surface area contributed by atoms with Crippen LogP contribution in [0.5, 0.6) is 5.75 Å². The molecule has 0 bridgehead atoms. The maximum Gasteiger partial charge on any atom is 0.277 e. The molecule has 180 valence electrons. The molecule has 0 atom stereocenters. The predicted octanol–water partition coefficient (Wildman–Crippen LogP) is 3.83. The maximum absolute atomic E-state index is 13.5. The third-order valence-electron chi connectivity index (χ3n) is 5.95. The first-order chi connectivity index (χ1) is 16.9. The number of aromatic nitrogens is 3. The van der Waals surface area contributed by atoms with Gasteiger partial charge in [-0.1, -0.05) is 18.2 Å². The number of benzene rings is 2. The van der Waals surface area contributed by atoms with Gasteiger partial charge < -0.3 is 19.9 Å². The van der Waals surface area contributed by atoms with Gasteiger partial charge in [-0.2, -0.15) is 0 Å². The maximum atomic E-state index is 13.5. The quantitative estimate of drug-likeness (QED) is 0.405. The van der Waals surface area contributed by atoms with Crippen molar-refractivity contribution in [3.8, 4) is 17.0 Å². The fourth-order valence-electron chi connectivity index (χ4n) is 3.85. The Morgan fingerprint density at radius 3 is 2.51 bits per heavy atom. The highest BCUT2D eigenvalue weighted by molar-refractivity contribution is 5.79. The number of hydrogen-bond acceptors (Lipinski definition) is 6. The molecule has 0 spiro atoms. The summed E-state index contributed by atoms with van der Waals surface area (Å²) in [5.74, 6) is 1.19. The van der Waals surface area contributed by atoms with E-state index in [1.54, 1.807) is 42.1 Å². The highest BCUT2D eigenvalue weighted by Gasteiger charge is 2.14. The van der Waals surface area contributed by atoms with E-state index < -0.39 is 0 Å². The lowest BCUT2D eigenvalue weighted by Crippen LogP contribution is -2.31. The lowest BCUT2D eigenvalue weighted by molar-refractivity contribution is -0.118. The molecule has 4 aromatic rings. The van der Waals surface area contributed by atoms with Gasteiger partial charge >= 0.3 is 0 Å². The van der Waals surface area contributed by atoms with Crippen LogP contribution in [0.2, 0.25) is 0 Å². The number of fused-ring (bicyclic) bond motifs is 1. The number of nitrogens with zero attached hydrogens (tertiary/aromatic N) is 3. The minimum absolute atomic E-state index is 0.149. The topological polar surface area (TPSA) is 98.1 Å². The monoisotopic (exact) mass is 471 g/mol. The number of methoxy groups -OCH3 is 1. The molecule has 35 heavy (non-hydrogen) atoms. The minimum Gasteiger partial charge on any atom is -0.497 e. The van der Waals surface area contributed by atoms with Crippen LogP contribution < -0.4 is 20.9 Å². The van der Waals surface area contributed by atoms with Crippen LogP contribution in [0.25, 0.3) is 22.3 Å². The van der Waals surface area contributed by atoms with E-state index in [1.807, 2.05) is 6.07 Å². The Bertz CT molecular complexity index is 1430. The predicted molar refractivity (Wildman–Crippen MR) is 138 cm³/mol. The molecule has 0 unspecified atom stereocenters. The van der Waals surface area contributed by atoms with E-state index in [1.165, 1.54) is 18.1 Å². The zero-order chi connectivity index (χ0) is 24.9. The Hall–Kier alpha value is -4.20. The van der Waals surface area contributed by atoms with E-state index in [4.69, 9.17) is 4.74 Å². The van der Waals surface area contributed by atoms with E-state index in [2.05, 4.69) is 52.6 Å². The van der Waals surface area contributed by atoms with Crippen molar-refractivity contribution in [2.45, 2.75) is 33.9 Å². The van der Waals surface area contributed by atoms with Gasteiger partial charge in [0.1, 0.15) is 22.8 Å². The van der Waals surface area contributed by atoms with Gasteiger partial charge in [-0.25, -0.2) is 9.97 Å². The molecule has 0 aliphatic heterocycles. The zero-order valence-electron chi connectivity index (χ0n) is 20.4. The van der Waals surface area contributed by atoms with Crippen molar-refractivity contribution in [1.29, 1.82) is 0 Å². The van der Waals surface area contributed by atoms with E-state index in [0.717, 1.165) is 5.56 Å². The number of nitrogens with one attached hydrogen (secondary N) is 2. The third-order valence-corrected chi connectivity index (χ3v) is 5.95. The van der Waals surface area contributed by atoms with Crippen molar-refractivity contribution < 1.29 is 9.53 Å². The Balaban J connectivity index is 1.71. The fraction of sp³-hybridized carbons (Fsp3) is 0.259. The number of aryl methyl sites for hydroxylation is 2. The van der Waals surface area contributed by atoms with Gasteiger partial charge in [0.05, 0.1) is 18.8 Å². The molecule has 8 nitrogen and oxygen atoms in total. The van der Waals surface area contributed by atoms with Crippen LogP contribution >= 0.6 is 0 Å². The molecular formula is C27H29N5O3. The van der Waals surface area contributed by atoms with Crippen LogP contribution in [-0.2, 0) is 17.9 Å². The van der Waals surface area contributed by atoms with Crippen molar-refractivity contribution in [2.24, 2.45) is 0 Å². The van der Waals surface area contributed by atoms with Crippen LogP contribution in [-0.4, -0.2) is 34.1 Å². The summed E-state index contributed by atoms with van der Waals surface area (Å²) in [4.78, 5) is 34.1. The number of carbonyl (C=O) groups excluding carboxylic acids is 1. The number of rotatable bonds is 8. The summed E-state index contributed by atoms with van der Waals surface area (Å²) in [6, 6.07) is 15.4. The Labute approximate surface area is 204 Å². The van der Waals surface area contributed by atoms with Crippen molar-refractivity contribution in [2.75, 3.05) is 19.0 Å². The number of amides is 1. The Kier molecular flexibility index (Phi) is 7.10. The SMILES string of the molecule is COc1ccc(-c2nc3cnc(NCc4ccc(C)c(C)c4)cc3n(CCNC(C)=O)c2=O)cc1. The summed E-state index contributed by atoms with van der Waals surface area (Å²) < 4.78 is 6.86. The molecule has 2 N–H and O–H groups in total.